The van der Waals surface area contributed by atoms with E-state index in [9.17, 15) is 0 Å². The smallest absolute Gasteiger partial charge is 0.235 e. The fraction of sp³-hybridized carbons (Fsp3) is 0. The summed E-state index contributed by atoms with van der Waals surface area (Å²) in [4.78, 5) is 10.7. The van der Waals surface area contributed by atoms with Crippen LogP contribution in [0.2, 0.25) is 0 Å². The van der Waals surface area contributed by atoms with Gasteiger partial charge < -0.3 is 0 Å². The molecule has 0 N–H and O–H groups in total. The third-order valence-corrected chi connectivity index (χ3v) is 10.6. The summed E-state index contributed by atoms with van der Waals surface area (Å²) in [7, 11) is 0. The van der Waals surface area contributed by atoms with Gasteiger partial charge in [0.05, 0.1) is 22.4 Å². The number of benzene rings is 7. The molecule has 0 aliphatic rings. The van der Waals surface area contributed by atoms with Gasteiger partial charge in [-0.25, -0.2) is 9.97 Å². The van der Waals surface area contributed by atoms with Gasteiger partial charge in [-0.1, -0.05) is 146 Å². The molecule has 4 heteroatoms. The number of aromatic nitrogens is 3. The molecule has 7 aromatic carbocycles. The van der Waals surface area contributed by atoms with Crippen LogP contribution in [0.5, 0.6) is 0 Å². The minimum atomic E-state index is 0.654. The Balaban J connectivity index is 1.39. The summed E-state index contributed by atoms with van der Waals surface area (Å²) in [5.74, 6) is 0.654. The second-order valence-electron chi connectivity index (χ2n) is 12.2. The molecule has 10 aromatic rings. The number of rotatable bonds is 4. The molecular weight excluding hydrogens is 603 g/mol. The summed E-state index contributed by atoms with van der Waals surface area (Å²) >= 11 is 1.85. The first-order valence-corrected chi connectivity index (χ1v) is 17.0. The number of hydrogen-bond acceptors (Lipinski definition) is 3. The number of thiophene rings is 1. The lowest BCUT2D eigenvalue weighted by molar-refractivity contribution is 0.998. The molecule has 0 saturated carbocycles. The summed E-state index contributed by atoms with van der Waals surface area (Å²) in [5, 5.41) is 7.29. The first-order valence-electron chi connectivity index (χ1n) is 16.2. The Bertz CT molecular complexity index is 2770. The molecule has 0 saturated heterocycles. The molecule has 3 aromatic heterocycles. The molecular formula is C44H27N3S. The Hall–Kier alpha value is -6.10. The third-order valence-electron chi connectivity index (χ3n) is 9.42. The van der Waals surface area contributed by atoms with Crippen molar-refractivity contribution in [3.05, 3.63) is 164 Å². The molecule has 10 rings (SSSR count). The van der Waals surface area contributed by atoms with Crippen LogP contribution < -0.4 is 0 Å². The van der Waals surface area contributed by atoms with E-state index in [1.54, 1.807) is 0 Å². The third kappa shape index (κ3) is 4.13. The molecule has 0 bridgehead atoms. The van der Waals surface area contributed by atoms with Gasteiger partial charge in [0.15, 0.2) is 0 Å². The zero-order valence-electron chi connectivity index (χ0n) is 25.8. The molecule has 0 spiro atoms. The molecule has 3 nitrogen and oxygen atoms in total. The lowest BCUT2D eigenvalue weighted by atomic mass is 9.97. The first-order chi connectivity index (χ1) is 23.8. The number of para-hydroxylation sites is 1. The minimum Gasteiger partial charge on any atom is -0.277 e. The number of hydrogen-bond donors (Lipinski definition) is 0. The highest BCUT2D eigenvalue weighted by molar-refractivity contribution is 7.25. The van der Waals surface area contributed by atoms with Crippen LogP contribution in [-0.2, 0) is 0 Å². The maximum Gasteiger partial charge on any atom is 0.235 e. The zero-order valence-corrected chi connectivity index (χ0v) is 26.7. The second kappa shape index (κ2) is 10.7. The molecule has 0 unspecified atom stereocenters. The van der Waals surface area contributed by atoms with Crippen LogP contribution in [0.3, 0.4) is 0 Å². The quantitative estimate of drug-likeness (QED) is 0.194. The molecule has 0 atom stereocenters. The van der Waals surface area contributed by atoms with Gasteiger partial charge in [0.25, 0.3) is 0 Å². The highest BCUT2D eigenvalue weighted by atomic mass is 32.1. The lowest BCUT2D eigenvalue weighted by Gasteiger charge is -2.15. The predicted octanol–water partition coefficient (Wildman–Crippen LogP) is 12.1. The SMILES string of the molecule is c1ccc(-c2cc(-c3ccccc3)nc(-n3c4c(-c5cccc6sc7ccccc7c56)cccc4c4ccc5ccccc5c43)n2)cc1. The molecule has 0 aliphatic carbocycles. The van der Waals surface area contributed by atoms with E-state index in [0.717, 1.165) is 39.1 Å². The van der Waals surface area contributed by atoms with Gasteiger partial charge in [0.1, 0.15) is 0 Å². The molecule has 0 radical (unpaired) electrons. The highest BCUT2D eigenvalue weighted by Crippen LogP contribution is 2.45. The van der Waals surface area contributed by atoms with E-state index in [2.05, 4.69) is 156 Å². The van der Waals surface area contributed by atoms with Crippen LogP contribution >= 0.6 is 11.3 Å². The average molecular weight is 630 g/mol. The number of fused-ring (bicyclic) bond motifs is 8. The molecule has 0 amide bonds. The molecule has 48 heavy (non-hydrogen) atoms. The predicted molar refractivity (Wildman–Crippen MR) is 203 cm³/mol. The lowest BCUT2D eigenvalue weighted by Crippen LogP contribution is -2.05. The fourth-order valence-corrected chi connectivity index (χ4v) is 8.42. The number of nitrogens with zero attached hydrogens (tertiary/aromatic N) is 3. The Morgan fingerprint density at radius 1 is 0.417 bits per heavy atom. The molecule has 0 aliphatic heterocycles. The Kier molecular flexibility index (Phi) is 6.05. The van der Waals surface area contributed by atoms with Crippen LogP contribution in [-0.4, -0.2) is 14.5 Å². The zero-order chi connectivity index (χ0) is 31.6. The van der Waals surface area contributed by atoms with E-state index in [1.165, 1.54) is 47.3 Å². The maximum absolute atomic E-state index is 5.37. The first kappa shape index (κ1) is 27.1. The van der Waals surface area contributed by atoms with Crippen LogP contribution in [0.1, 0.15) is 0 Å². The van der Waals surface area contributed by atoms with E-state index >= 15 is 0 Å². The molecule has 3 heterocycles. The van der Waals surface area contributed by atoms with Crippen LogP contribution in [0, 0.1) is 0 Å². The van der Waals surface area contributed by atoms with Gasteiger partial charge >= 0.3 is 0 Å². The van der Waals surface area contributed by atoms with E-state index in [0.29, 0.717) is 5.95 Å². The summed E-state index contributed by atoms with van der Waals surface area (Å²) in [6.07, 6.45) is 0. The Morgan fingerprint density at radius 3 is 1.77 bits per heavy atom. The average Bonchev–Trinajstić information content (AvgIpc) is 3.72. The van der Waals surface area contributed by atoms with Crippen molar-refractivity contribution < 1.29 is 0 Å². The van der Waals surface area contributed by atoms with Crippen LogP contribution in [0.4, 0.5) is 0 Å². The summed E-state index contributed by atoms with van der Waals surface area (Å²) in [5.41, 5.74) is 8.48. The fourth-order valence-electron chi connectivity index (χ4n) is 7.29. The summed E-state index contributed by atoms with van der Waals surface area (Å²) in [6, 6.07) is 58.2. The normalized spacial score (nSPS) is 11.8. The Labute approximate surface area is 281 Å². The minimum absolute atomic E-state index is 0.654. The highest BCUT2D eigenvalue weighted by Gasteiger charge is 2.22. The van der Waals surface area contributed by atoms with Gasteiger partial charge in [0, 0.05) is 53.0 Å². The molecule has 224 valence electrons. The molecule has 0 fully saturated rings. The van der Waals surface area contributed by atoms with Crippen LogP contribution in [0.15, 0.2) is 164 Å². The van der Waals surface area contributed by atoms with E-state index in [1.807, 2.05) is 23.5 Å². The van der Waals surface area contributed by atoms with Gasteiger partial charge in [-0.05, 0) is 29.1 Å². The van der Waals surface area contributed by atoms with Crippen molar-refractivity contribution in [2.24, 2.45) is 0 Å². The second-order valence-corrected chi connectivity index (χ2v) is 13.3. The van der Waals surface area contributed by atoms with Crippen molar-refractivity contribution in [2.75, 3.05) is 0 Å². The van der Waals surface area contributed by atoms with E-state index in [-0.39, 0.29) is 0 Å². The van der Waals surface area contributed by atoms with Gasteiger partial charge in [0.2, 0.25) is 5.95 Å². The maximum atomic E-state index is 5.37. The van der Waals surface area contributed by atoms with Gasteiger partial charge in [-0.3, -0.25) is 4.57 Å². The summed E-state index contributed by atoms with van der Waals surface area (Å²) in [6.45, 7) is 0. The largest absolute Gasteiger partial charge is 0.277 e. The standard InChI is InChI=1S/C44H27N3S/c1-3-14-29(15-4-1)37-27-38(30-16-5-2-6-17-30)46-44(45-37)47-42-31-18-8-7-13-28(31)25-26-35(42)34-22-11-21-33(43(34)47)32-20-12-24-40-41(32)36-19-9-10-23-39(36)48-40/h1-27H. The summed E-state index contributed by atoms with van der Waals surface area (Å²) < 4.78 is 4.91. The van der Waals surface area contributed by atoms with Crippen molar-refractivity contribution in [3.8, 4) is 39.6 Å². The van der Waals surface area contributed by atoms with Gasteiger partial charge in [-0.15, -0.1) is 11.3 Å². The van der Waals surface area contributed by atoms with Crippen molar-refractivity contribution in [1.29, 1.82) is 0 Å². The van der Waals surface area contributed by atoms with E-state index < -0.39 is 0 Å². The Morgan fingerprint density at radius 2 is 1.00 bits per heavy atom. The van der Waals surface area contributed by atoms with Crippen molar-refractivity contribution in [2.45, 2.75) is 0 Å². The van der Waals surface area contributed by atoms with Crippen molar-refractivity contribution >= 4 is 64.1 Å². The van der Waals surface area contributed by atoms with Gasteiger partial charge in [-0.2, -0.15) is 0 Å². The van der Waals surface area contributed by atoms with Crippen molar-refractivity contribution in [1.82, 2.24) is 14.5 Å². The topological polar surface area (TPSA) is 30.7 Å². The monoisotopic (exact) mass is 629 g/mol. The van der Waals surface area contributed by atoms with E-state index in [4.69, 9.17) is 9.97 Å². The van der Waals surface area contributed by atoms with Crippen LogP contribution in [0.25, 0.3) is 92.3 Å². The van der Waals surface area contributed by atoms with Crippen molar-refractivity contribution in [3.63, 3.8) is 0 Å².